The molecule has 31 heavy (non-hydrogen) atoms. The van der Waals surface area contributed by atoms with E-state index in [1.807, 2.05) is 18.2 Å². The number of carbonyl (C=O) groups excluding carboxylic acids is 3. The van der Waals surface area contributed by atoms with Crippen molar-refractivity contribution in [3.05, 3.63) is 57.4 Å². The van der Waals surface area contributed by atoms with E-state index in [-0.39, 0.29) is 24.3 Å². The highest BCUT2D eigenvalue weighted by Crippen LogP contribution is 2.24. The highest BCUT2D eigenvalue weighted by atomic mass is 35.5. The molecule has 1 fully saturated rings. The van der Waals surface area contributed by atoms with E-state index in [0.717, 1.165) is 18.4 Å². The molecule has 1 aromatic carbocycles. The van der Waals surface area contributed by atoms with Gasteiger partial charge in [0.05, 0.1) is 18.1 Å². The summed E-state index contributed by atoms with van der Waals surface area (Å²) in [5.41, 5.74) is 2.80. The highest BCUT2D eigenvalue weighted by Gasteiger charge is 2.31. The number of aromatic nitrogens is 1. The van der Waals surface area contributed by atoms with Gasteiger partial charge in [0.2, 0.25) is 5.91 Å². The van der Waals surface area contributed by atoms with Crippen LogP contribution in [0.1, 0.15) is 57.4 Å². The Hall–Kier alpha value is -2.80. The zero-order valence-electron chi connectivity index (χ0n) is 18.1. The lowest BCUT2D eigenvalue weighted by molar-refractivity contribution is -0.126. The number of aryl methyl sites for hydroxylation is 1. The molecular formula is C23H28ClN3O4. The standard InChI is InChI=1S/C23H28ClN3O4/c1-4-31-23(30)19-14(2)20(26-15(19)3)22(29)27-11-7-9-17(13-27)21(28)25-12-16-8-5-6-10-18(16)24/h5-6,8,10,17,26H,4,7,9,11-13H2,1-3H3,(H,25,28)/t17-/m1/s1. The Morgan fingerprint density at radius 1 is 1.26 bits per heavy atom. The molecule has 0 spiro atoms. The van der Waals surface area contributed by atoms with Crippen molar-refractivity contribution >= 4 is 29.4 Å². The smallest absolute Gasteiger partial charge is 0.340 e. The molecule has 7 nitrogen and oxygen atoms in total. The zero-order valence-corrected chi connectivity index (χ0v) is 18.8. The first-order chi connectivity index (χ1) is 14.8. The molecule has 166 valence electrons. The van der Waals surface area contributed by atoms with Crippen molar-refractivity contribution in [1.82, 2.24) is 15.2 Å². The molecule has 0 saturated carbocycles. The van der Waals surface area contributed by atoms with Crippen LogP contribution >= 0.6 is 11.6 Å². The molecule has 2 amide bonds. The molecule has 0 unspecified atom stereocenters. The van der Waals surface area contributed by atoms with E-state index in [0.29, 0.717) is 47.2 Å². The molecule has 2 aromatic rings. The minimum absolute atomic E-state index is 0.0935. The molecular weight excluding hydrogens is 418 g/mol. The van der Waals surface area contributed by atoms with E-state index in [9.17, 15) is 14.4 Å². The molecule has 0 aliphatic carbocycles. The summed E-state index contributed by atoms with van der Waals surface area (Å²) in [5, 5.41) is 3.54. The quantitative estimate of drug-likeness (QED) is 0.664. The number of hydrogen-bond donors (Lipinski definition) is 2. The Balaban J connectivity index is 1.67. The van der Waals surface area contributed by atoms with Gasteiger partial charge in [-0.2, -0.15) is 0 Å². The molecule has 3 rings (SSSR count). The van der Waals surface area contributed by atoms with Gasteiger partial charge in [-0.25, -0.2) is 4.79 Å². The number of rotatable bonds is 6. The number of halogens is 1. The van der Waals surface area contributed by atoms with E-state index in [1.54, 1.807) is 31.7 Å². The zero-order chi connectivity index (χ0) is 22.5. The minimum Gasteiger partial charge on any atom is -0.462 e. The number of amides is 2. The number of H-pyrrole nitrogens is 1. The Morgan fingerprint density at radius 2 is 2.00 bits per heavy atom. The van der Waals surface area contributed by atoms with Crippen LogP contribution in [0, 0.1) is 19.8 Å². The SMILES string of the molecule is CCOC(=O)c1c(C)[nH]c(C(=O)N2CCC[C@@H](C(=O)NCc3ccccc3Cl)C2)c1C. The fourth-order valence-electron chi connectivity index (χ4n) is 3.98. The fourth-order valence-corrected chi connectivity index (χ4v) is 4.18. The molecule has 1 saturated heterocycles. The van der Waals surface area contributed by atoms with E-state index in [1.165, 1.54) is 0 Å². The van der Waals surface area contributed by atoms with Crippen molar-refractivity contribution < 1.29 is 19.1 Å². The molecule has 8 heteroatoms. The Bertz CT molecular complexity index is 985. The number of ether oxygens (including phenoxy) is 1. The van der Waals surface area contributed by atoms with Gasteiger partial charge in [0.15, 0.2) is 0 Å². The second-order valence-corrected chi connectivity index (χ2v) is 8.15. The van der Waals surface area contributed by atoms with Gasteiger partial charge in [0, 0.05) is 30.4 Å². The maximum Gasteiger partial charge on any atom is 0.340 e. The molecule has 1 aliphatic rings. The first-order valence-corrected chi connectivity index (χ1v) is 10.9. The van der Waals surface area contributed by atoms with Crippen LogP contribution in [0.5, 0.6) is 0 Å². The van der Waals surface area contributed by atoms with E-state index < -0.39 is 5.97 Å². The normalized spacial score (nSPS) is 16.1. The minimum atomic E-state index is -0.441. The van der Waals surface area contributed by atoms with Crippen LogP contribution in [0.25, 0.3) is 0 Å². The summed E-state index contributed by atoms with van der Waals surface area (Å²) in [7, 11) is 0. The molecule has 1 aliphatic heterocycles. The third kappa shape index (κ3) is 5.10. The van der Waals surface area contributed by atoms with Crippen LogP contribution in [0.2, 0.25) is 5.02 Å². The first-order valence-electron chi connectivity index (χ1n) is 10.5. The van der Waals surface area contributed by atoms with Crippen LogP contribution in [-0.4, -0.2) is 47.4 Å². The number of nitrogens with one attached hydrogen (secondary N) is 2. The van der Waals surface area contributed by atoms with Gasteiger partial charge in [0.25, 0.3) is 5.91 Å². The predicted molar refractivity (Wildman–Crippen MR) is 118 cm³/mol. The van der Waals surface area contributed by atoms with Crippen molar-refractivity contribution in [1.29, 1.82) is 0 Å². The molecule has 2 N–H and O–H groups in total. The molecule has 0 radical (unpaired) electrons. The fraction of sp³-hybridized carbons (Fsp3) is 0.435. The Morgan fingerprint density at radius 3 is 2.71 bits per heavy atom. The summed E-state index contributed by atoms with van der Waals surface area (Å²) >= 11 is 6.16. The summed E-state index contributed by atoms with van der Waals surface area (Å²) in [6.45, 7) is 6.74. The summed E-state index contributed by atoms with van der Waals surface area (Å²) in [6.07, 6.45) is 1.45. The van der Waals surface area contributed by atoms with Crippen LogP contribution < -0.4 is 5.32 Å². The highest BCUT2D eigenvalue weighted by molar-refractivity contribution is 6.31. The van der Waals surface area contributed by atoms with Crippen molar-refractivity contribution in [2.75, 3.05) is 19.7 Å². The molecule has 0 bridgehead atoms. The monoisotopic (exact) mass is 445 g/mol. The van der Waals surface area contributed by atoms with Gasteiger partial charge in [0.1, 0.15) is 5.69 Å². The van der Waals surface area contributed by atoms with Crippen LogP contribution in [-0.2, 0) is 16.1 Å². The lowest BCUT2D eigenvalue weighted by Crippen LogP contribution is -2.45. The van der Waals surface area contributed by atoms with Gasteiger partial charge in [-0.1, -0.05) is 29.8 Å². The number of benzene rings is 1. The van der Waals surface area contributed by atoms with E-state index in [2.05, 4.69) is 10.3 Å². The van der Waals surface area contributed by atoms with Crippen molar-refractivity contribution in [3.63, 3.8) is 0 Å². The van der Waals surface area contributed by atoms with Gasteiger partial charge in [-0.3, -0.25) is 9.59 Å². The maximum atomic E-state index is 13.2. The van der Waals surface area contributed by atoms with Gasteiger partial charge in [-0.05, 0) is 50.8 Å². The number of piperidine rings is 1. The second-order valence-electron chi connectivity index (χ2n) is 7.75. The molecule has 1 aromatic heterocycles. The van der Waals surface area contributed by atoms with Gasteiger partial charge < -0.3 is 19.9 Å². The summed E-state index contributed by atoms with van der Waals surface area (Å²) in [6, 6.07) is 7.38. The van der Waals surface area contributed by atoms with Crippen LogP contribution in [0.15, 0.2) is 24.3 Å². The largest absolute Gasteiger partial charge is 0.462 e. The average molecular weight is 446 g/mol. The number of esters is 1. The Labute approximate surface area is 187 Å². The van der Waals surface area contributed by atoms with Crippen molar-refractivity contribution in [2.45, 2.75) is 40.2 Å². The second kappa shape index (κ2) is 10.0. The first kappa shape index (κ1) is 22.9. The van der Waals surface area contributed by atoms with Gasteiger partial charge >= 0.3 is 5.97 Å². The van der Waals surface area contributed by atoms with Crippen molar-refractivity contribution in [2.24, 2.45) is 5.92 Å². The third-order valence-electron chi connectivity index (χ3n) is 5.62. The summed E-state index contributed by atoms with van der Waals surface area (Å²) in [5.74, 6) is -1.03. The Kier molecular flexibility index (Phi) is 7.38. The summed E-state index contributed by atoms with van der Waals surface area (Å²) in [4.78, 5) is 42.8. The van der Waals surface area contributed by atoms with E-state index in [4.69, 9.17) is 16.3 Å². The van der Waals surface area contributed by atoms with Crippen molar-refractivity contribution in [3.8, 4) is 0 Å². The van der Waals surface area contributed by atoms with E-state index >= 15 is 0 Å². The van der Waals surface area contributed by atoms with Crippen LogP contribution in [0.3, 0.4) is 0 Å². The summed E-state index contributed by atoms with van der Waals surface area (Å²) < 4.78 is 5.10. The van der Waals surface area contributed by atoms with Crippen LogP contribution in [0.4, 0.5) is 0 Å². The topological polar surface area (TPSA) is 91.5 Å². The third-order valence-corrected chi connectivity index (χ3v) is 5.99. The van der Waals surface area contributed by atoms with Gasteiger partial charge in [-0.15, -0.1) is 0 Å². The number of likely N-dealkylation sites (tertiary alicyclic amines) is 1. The predicted octanol–water partition coefficient (Wildman–Crippen LogP) is 3.63. The lowest BCUT2D eigenvalue weighted by atomic mass is 9.96. The number of nitrogens with zero attached hydrogens (tertiary/aromatic N) is 1. The molecule has 2 heterocycles. The number of carbonyl (C=O) groups is 3. The number of aromatic amines is 1. The molecule has 1 atom stereocenters. The average Bonchev–Trinajstić information content (AvgIpc) is 3.06. The maximum absolute atomic E-state index is 13.2. The lowest BCUT2D eigenvalue weighted by Gasteiger charge is -2.32. The number of hydrogen-bond acceptors (Lipinski definition) is 4.